The van der Waals surface area contributed by atoms with E-state index in [4.69, 9.17) is 4.74 Å². The van der Waals surface area contributed by atoms with E-state index in [9.17, 15) is 19.5 Å². The summed E-state index contributed by atoms with van der Waals surface area (Å²) in [5.41, 5.74) is 0. The van der Waals surface area contributed by atoms with Gasteiger partial charge in [-0.3, -0.25) is 14.4 Å². The van der Waals surface area contributed by atoms with Gasteiger partial charge in [0.15, 0.2) is 0 Å². The van der Waals surface area contributed by atoms with Crippen LogP contribution in [0.4, 0.5) is 0 Å². The molecule has 3 atom stereocenters. The summed E-state index contributed by atoms with van der Waals surface area (Å²) < 4.78 is 5.02. The Morgan fingerprint density at radius 1 is 1.14 bits per heavy atom. The van der Waals surface area contributed by atoms with Gasteiger partial charge in [0.2, 0.25) is 5.91 Å². The molecule has 2 fully saturated rings. The average molecular weight is 297 g/mol. The Balaban J connectivity index is 1.98. The second kappa shape index (κ2) is 6.91. The number of carbonyl (C=O) groups is 3. The zero-order valence-corrected chi connectivity index (χ0v) is 12.4. The molecule has 6 nitrogen and oxygen atoms in total. The van der Waals surface area contributed by atoms with Crippen LogP contribution in [0.2, 0.25) is 0 Å². The third kappa shape index (κ3) is 3.54. The number of hydrogen-bond acceptors (Lipinski definition) is 4. The van der Waals surface area contributed by atoms with Gasteiger partial charge in [-0.25, -0.2) is 0 Å². The molecule has 1 saturated heterocycles. The molecular formula is C15H23NO5. The van der Waals surface area contributed by atoms with E-state index in [0.29, 0.717) is 32.5 Å². The number of rotatable bonds is 4. The van der Waals surface area contributed by atoms with Crippen molar-refractivity contribution >= 4 is 17.8 Å². The first-order valence-electron chi connectivity index (χ1n) is 7.72. The smallest absolute Gasteiger partial charge is 0.310 e. The zero-order valence-electron chi connectivity index (χ0n) is 12.4. The maximum atomic E-state index is 12.6. The quantitative estimate of drug-likeness (QED) is 0.790. The lowest BCUT2D eigenvalue weighted by Gasteiger charge is -2.34. The molecule has 6 heteroatoms. The van der Waals surface area contributed by atoms with Crippen molar-refractivity contribution in [1.82, 2.24) is 4.90 Å². The SMILES string of the molecule is CCOC(=O)C1CCCN(C(=O)C2CCCC2C(=O)O)C1. The van der Waals surface area contributed by atoms with Crippen molar-refractivity contribution in [3.8, 4) is 0 Å². The van der Waals surface area contributed by atoms with Gasteiger partial charge in [0.1, 0.15) is 0 Å². The number of aliphatic carboxylic acids is 1. The zero-order chi connectivity index (χ0) is 15.4. The maximum Gasteiger partial charge on any atom is 0.310 e. The van der Waals surface area contributed by atoms with Crippen molar-refractivity contribution in [2.75, 3.05) is 19.7 Å². The van der Waals surface area contributed by atoms with E-state index < -0.39 is 17.8 Å². The van der Waals surface area contributed by atoms with Crippen molar-refractivity contribution in [2.45, 2.75) is 39.0 Å². The van der Waals surface area contributed by atoms with Crippen LogP contribution in [0.1, 0.15) is 39.0 Å². The first-order valence-corrected chi connectivity index (χ1v) is 7.72. The number of hydrogen-bond donors (Lipinski definition) is 1. The Morgan fingerprint density at radius 2 is 1.86 bits per heavy atom. The van der Waals surface area contributed by atoms with Crippen LogP contribution in [0.3, 0.4) is 0 Å². The molecule has 2 rings (SSSR count). The lowest BCUT2D eigenvalue weighted by molar-refractivity contribution is -0.154. The highest BCUT2D eigenvalue weighted by Crippen LogP contribution is 2.34. The molecule has 0 aromatic carbocycles. The molecule has 1 N–H and O–H groups in total. The molecule has 1 aliphatic heterocycles. The van der Waals surface area contributed by atoms with Gasteiger partial charge in [-0.2, -0.15) is 0 Å². The molecule has 0 aromatic heterocycles. The first kappa shape index (κ1) is 15.8. The summed E-state index contributed by atoms with van der Waals surface area (Å²) in [6.45, 7) is 3.07. The number of carbonyl (C=O) groups excluding carboxylic acids is 2. The predicted octanol–water partition coefficient (Wildman–Crippen LogP) is 1.29. The second-order valence-corrected chi connectivity index (χ2v) is 5.86. The summed E-state index contributed by atoms with van der Waals surface area (Å²) in [7, 11) is 0. The normalized spacial score (nSPS) is 29.2. The van der Waals surface area contributed by atoms with Gasteiger partial charge < -0.3 is 14.7 Å². The van der Waals surface area contributed by atoms with Crippen molar-refractivity contribution in [3.05, 3.63) is 0 Å². The number of nitrogens with zero attached hydrogens (tertiary/aromatic N) is 1. The Morgan fingerprint density at radius 3 is 2.52 bits per heavy atom. The number of esters is 1. The fourth-order valence-corrected chi connectivity index (χ4v) is 3.42. The van der Waals surface area contributed by atoms with Crippen LogP contribution in [0, 0.1) is 17.8 Å². The predicted molar refractivity (Wildman–Crippen MR) is 74.4 cm³/mol. The fourth-order valence-electron chi connectivity index (χ4n) is 3.42. The minimum atomic E-state index is -0.884. The fraction of sp³-hybridized carbons (Fsp3) is 0.800. The van der Waals surface area contributed by atoms with Crippen LogP contribution < -0.4 is 0 Å². The molecular weight excluding hydrogens is 274 g/mol. The van der Waals surface area contributed by atoms with E-state index >= 15 is 0 Å². The van der Waals surface area contributed by atoms with E-state index in [0.717, 1.165) is 19.3 Å². The number of likely N-dealkylation sites (tertiary alicyclic amines) is 1. The topological polar surface area (TPSA) is 83.9 Å². The highest BCUT2D eigenvalue weighted by molar-refractivity contribution is 5.86. The Kier molecular flexibility index (Phi) is 5.20. The monoisotopic (exact) mass is 297 g/mol. The lowest BCUT2D eigenvalue weighted by atomic mass is 9.92. The molecule has 2 aliphatic rings. The van der Waals surface area contributed by atoms with Crippen molar-refractivity contribution in [1.29, 1.82) is 0 Å². The van der Waals surface area contributed by atoms with E-state index in [1.165, 1.54) is 0 Å². The molecule has 1 aliphatic carbocycles. The van der Waals surface area contributed by atoms with E-state index in [2.05, 4.69) is 0 Å². The molecule has 0 aromatic rings. The maximum absolute atomic E-state index is 12.6. The summed E-state index contributed by atoms with van der Waals surface area (Å²) in [5, 5.41) is 9.20. The Hall–Kier alpha value is -1.59. The van der Waals surface area contributed by atoms with Gasteiger partial charge in [0.25, 0.3) is 0 Å². The third-order valence-electron chi connectivity index (χ3n) is 4.50. The van der Waals surface area contributed by atoms with Gasteiger partial charge in [-0.1, -0.05) is 6.42 Å². The van der Waals surface area contributed by atoms with Gasteiger partial charge in [-0.05, 0) is 32.6 Å². The highest BCUT2D eigenvalue weighted by atomic mass is 16.5. The molecule has 0 bridgehead atoms. The minimum Gasteiger partial charge on any atom is -0.481 e. The summed E-state index contributed by atoms with van der Waals surface area (Å²) in [6, 6.07) is 0. The molecule has 1 heterocycles. The van der Waals surface area contributed by atoms with Crippen LogP contribution >= 0.6 is 0 Å². The summed E-state index contributed by atoms with van der Waals surface area (Å²) in [5.74, 6) is -2.51. The minimum absolute atomic E-state index is 0.103. The first-order chi connectivity index (χ1) is 10.0. The van der Waals surface area contributed by atoms with Crippen molar-refractivity contribution < 1.29 is 24.2 Å². The number of piperidine rings is 1. The van der Waals surface area contributed by atoms with Crippen LogP contribution in [0.5, 0.6) is 0 Å². The largest absolute Gasteiger partial charge is 0.481 e. The molecule has 0 radical (unpaired) electrons. The lowest BCUT2D eigenvalue weighted by Crippen LogP contribution is -2.46. The Labute approximate surface area is 124 Å². The number of ether oxygens (including phenoxy) is 1. The molecule has 1 amide bonds. The van der Waals surface area contributed by atoms with Gasteiger partial charge >= 0.3 is 11.9 Å². The third-order valence-corrected chi connectivity index (χ3v) is 4.50. The van der Waals surface area contributed by atoms with Crippen LogP contribution in [-0.4, -0.2) is 47.5 Å². The molecule has 21 heavy (non-hydrogen) atoms. The summed E-state index contributed by atoms with van der Waals surface area (Å²) in [6.07, 6.45) is 3.48. The second-order valence-electron chi connectivity index (χ2n) is 5.86. The van der Waals surface area contributed by atoms with Crippen molar-refractivity contribution in [3.63, 3.8) is 0 Å². The van der Waals surface area contributed by atoms with Crippen molar-refractivity contribution in [2.24, 2.45) is 17.8 Å². The average Bonchev–Trinajstić information content (AvgIpc) is 2.96. The number of carboxylic acid groups (broad SMARTS) is 1. The van der Waals surface area contributed by atoms with Crippen LogP contribution in [0.25, 0.3) is 0 Å². The van der Waals surface area contributed by atoms with Gasteiger partial charge in [-0.15, -0.1) is 0 Å². The molecule has 118 valence electrons. The van der Waals surface area contributed by atoms with Gasteiger partial charge in [0, 0.05) is 13.1 Å². The standard InChI is InChI=1S/C15H23NO5/c1-2-21-15(20)10-5-4-8-16(9-10)13(17)11-6-3-7-12(11)14(18)19/h10-12H,2-9H2,1H3,(H,18,19). The molecule has 3 unspecified atom stereocenters. The summed E-state index contributed by atoms with van der Waals surface area (Å²) >= 11 is 0. The highest BCUT2D eigenvalue weighted by Gasteiger charge is 2.41. The Bertz CT molecular complexity index is 422. The van der Waals surface area contributed by atoms with Gasteiger partial charge in [0.05, 0.1) is 24.4 Å². The van der Waals surface area contributed by atoms with E-state index in [1.807, 2.05) is 0 Å². The summed E-state index contributed by atoms with van der Waals surface area (Å²) in [4.78, 5) is 37.2. The number of carboxylic acids is 1. The molecule has 1 saturated carbocycles. The molecule has 0 spiro atoms. The van der Waals surface area contributed by atoms with Crippen LogP contribution in [-0.2, 0) is 19.1 Å². The van der Waals surface area contributed by atoms with E-state index in [1.54, 1.807) is 11.8 Å². The number of amides is 1. The van der Waals surface area contributed by atoms with E-state index in [-0.39, 0.29) is 17.8 Å². The van der Waals surface area contributed by atoms with Crippen LogP contribution in [0.15, 0.2) is 0 Å².